The Bertz CT molecular complexity index is 1510. The van der Waals surface area contributed by atoms with Gasteiger partial charge in [0.15, 0.2) is 0 Å². The van der Waals surface area contributed by atoms with Gasteiger partial charge in [-0.25, -0.2) is 13.2 Å². The standard InChI is InChI=1S/C28H32N4O3S.C2HF3O2/c29-25-8-4-5-9-26(25)31-28(33)22-10-12-23(13-11-22)36(34,35)32-16-14-20(15-17-32)19-30-27-18-24(27)21-6-2-1-3-7-21;3-2(4,5)1(6)7/h1-13,20,24,27,30H,14-19,29H2,(H,31,33);(H,6,7). The zero-order chi connectivity index (χ0) is 31.2. The Morgan fingerprint density at radius 3 is 2.09 bits per heavy atom. The summed E-state index contributed by atoms with van der Waals surface area (Å²) in [6.07, 6.45) is -2.23. The van der Waals surface area contributed by atoms with E-state index in [2.05, 4.69) is 34.9 Å². The molecule has 2 atom stereocenters. The number of amides is 1. The van der Waals surface area contributed by atoms with Gasteiger partial charge in [-0.2, -0.15) is 17.5 Å². The maximum absolute atomic E-state index is 13.2. The van der Waals surface area contributed by atoms with Gasteiger partial charge >= 0.3 is 12.1 Å². The van der Waals surface area contributed by atoms with E-state index in [-0.39, 0.29) is 10.8 Å². The van der Waals surface area contributed by atoms with Gasteiger partial charge in [0, 0.05) is 30.6 Å². The number of carboxylic acid groups (broad SMARTS) is 1. The quantitative estimate of drug-likeness (QED) is 0.268. The molecule has 1 saturated heterocycles. The summed E-state index contributed by atoms with van der Waals surface area (Å²) in [6.45, 7) is 1.95. The van der Waals surface area contributed by atoms with Crippen LogP contribution in [0.3, 0.4) is 0 Å². The molecule has 1 saturated carbocycles. The molecule has 1 aliphatic heterocycles. The maximum atomic E-state index is 13.2. The highest BCUT2D eigenvalue weighted by Crippen LogP contribution is 2.40. The number of alkyl halides is 3. The Labute approximate surface area is 247 Å². The van der Waals surface area contributed by atoms with Crippen LogP contribution in [-0.2, 0) is 14.8 Å². The molecule has 2 aliphatic rings. The van der Waals surface area contributed by atoms with Crippen LogP contribution in [0.2, 0.25) is 0 Å². The number of anilines is 2. The number of hydrogen-bond donors (Lipinski definition) is 4. The number of halogens is 3. The third-order valence-electron chi connectivity index (χ3n) is 7.47. The Balaban J connectivity index is 0.000000541. The van der Waals surface area contributed by atoms with Crippen LogP contribution in [0.5, 0.6) is 0 Å². The van der Waals surface area contributed by atoms with E-state index in [1.54, 1.807) is 28.6 Å². The minimum Gasteiger partial charge on any atom is -0.475 e. The van der Waals surface area contributed by atoms with Crippen molar-refractivity contribution in [3.63, 3.8) is 0 Å². The van der Waals surface area contributed by atoms with E-state index in [1.165, 1.54) is 36.2 Å². The second-order valence-corrected chi connectivity index (χ2v) is 12.4. The van der Waals surface area contributed by atoms with Crippen LogP contribution in [0, 0.1) is 5.92 Å². The molecule has 0 radical (unpaired) electrons. The van der Waals surface area contributed by atoms with Gasteiger partial charge in [0.1, 0.15) is 0 Å². The van der Waals surface area contributed by atoms with Gasteiger partial charge in [0.2, 0.25) is 10.0 Å². The summed E-state index contributed by atoms with van der Waals surface area (Å²) in [5, 5.41) is 13.6. The second kappa shape index (κ2) is 13.6. The van der Waals surface area contributed by atoms with Crippen molar-refractivity contribution >= 4 is 33.3 Å². The number of aliphatic carboxylic acids is 1. The minimum atomic E-state index is -5.08. The first-order chi connectivity index (χ1) is 20.4. The number of nitrogens with zero attached hydrogens (tertiary/aromatic N) is 1. The fourth-order valence-corrected chi connectivity index (χ4v) is 6.36. The average molecular weight is 619 g/mol. The maximum Gasteiger partial charge on any atom is 0.490 e. The number of nitrogens with two attached hydrogens (primary N) is 1. The lowest BCUT2D eigenvalue weighted by molar-refractivity contribution is -0.192. The summed E-state index contributed by atoms with van der Waals surface area (Å²) >= 11 is 0. The smallest absolute Gasteiger partial charge is 0.475 e. The highest BCUT2D eigenvalue weighted by Gasteiger charge is 2.39. The number of carboxylic acids is 1. The summed E-state index contributed by atoms with van der Waals surface area (Å²) in [4.78, 5) is 21.7. The third kappa shape index (κ3) is 8.55. The SMILES string of the molecule is Nc1ccccc1NC(=O)c1ccc(S(=O)(=O)N2CCC(CNC3CC3c3ccccc3)CC2)cc1.O=C(O)C(F)(F)F. The number of rotatable bonds is 8. The molecule has 43 heavy (non-hydrogen) atoms. The van der Waals surface area contributed by atoms with E-state index in [9.17, 15) is 26.4 Å². The van der Waals surface area contributed by atoms with Gasteiger partial charge in [-0.05, 0) is 73.7 Å². The van der Waals surface area contributed by atoms with Crippen molar-refractivity contribution in [1.29, 1.82) is 0 Å². The van der Waals surface area contributed by atoms with E-state index in [4.69, 9.17) is 15.6 Å². The van der Waals surface area contributed by atoms with Crippen molar-refractivity contribution < 1.29 is 36.3 Å². The molecule has 0 bridgehead atoms. The van der Waals surface area contributed by atoms with E-state index in [0.717, 1.165) is 19.4 Å². The lowest BCUT2D eigenvalue weighted by Gasteiger charge is -2.31. The fraction of sp³-hybridized carbons (Fsp3) is 0.333. The van der Waals surface area contributed by atoms with Crippen LogP contribution in [0.25, 0.3) is 0 Å². The second-order valence-electron chi connectivity index (χ2n) is 10.5. The van der Waals surface area contributed by atoms with Crippen molar-refractivity contribution in [2.45, 2.75) is 42.3 Å². The molecule has 0 spiro atoms. The number of carbonyl (C=O) groups is 2. The number of hydrogen-bond acceptors (Lipinski definition) is 6. The highest BCUT2D eigenvalue weighted by molar-refractivity contribution is 7.89. The summed E-state index contributed by atoms with van der Waals surface area (Å²) in [5.74, 6) is -2.02. The number of nitrogen functional groups attached to an aromatic ring is 1. The normalized spacial score (nSPS) is 19.1. The number of nitrogens with one attached hydrogen (secondary N) is 2. The lowest BCUT2D eigenvalue weighted by Crippen LogP contribution is -2.41. The number of piperidine rings is 1. The van der Waals surface area contributed by atoms with Crippen molar-refractivity contribution in [3.05, 3.63) is 90.0 Å². The summed E-state index contributed by atoms with van der Waals surface area (Å²) in [6, 6.07) is 24.2. The first kappa shape index (κ1) is 32.0. The molecule has 3 aromatic rings. The van der Waals surface area contributed by atoms with Crippen LogP contribution >= 0.6 is 0 Å². The highest BCUT2D eigenvalue weighted by atomic mass is 32.2. The Morgan fingerprint density at radius 1 is 0.930 bits per heavy atom. The van der Waals surface area contributed by atoms with Gasteiger partial charge in [0.25, 0.3) is 5.91 Å². The molecule has 0 aromatic heterocycles. The summed E-state index contributed by atoms with van der Waals surface area (Å²) in [5.41, 5.74) is 8.64. The van der Waals surface area contributed by atoms with Gasteiger partial charge in [-0.1, -0.05) is 42.5 Å². The molecule has 1 heterocycles. The Hall–Kier alpha value is -3.94. The molecule has 5 N–H and O–H groups in total. The zero-order valence-corrected chi connectivity index (χ0v) is 23.9. The zero-order valence-electron chi connectivity index (χ0n) is 23.1. The first-order valence-corrected chi connectivity index (χ1v) is 15.1. The molecule has 2 fully saturated rings. The minimum absolute atomic E-state index is 0.207. The molecular formula is C30H33F3N4O5S. The molecular weight excluding hydrogens is 585 g/mol. The van der Waals surface area contributed by atoms with Crippen LogP contribution in [0.15, 0.2) is 83.8 Å². The topological polar surface area (TPSA) is 142 Å². The van der Waals surface area contributed by atoms with Gasteiger partial charge < -0.3 is 21.5 Å². The Kier molecular flexibility index (Phi) is 10.1. The molecule has 2 unspecified atom stereocenters. The monoisotopic (exact) mass is 618 g/mol. The summed E-state index contributed by atoms with van der Waals surface area (Å²) < 4.78 is 59.7. The van der Waals surface area contributed by atoms with E-state index >= 15 is 0 Å². The largest absolute Gasteiger partial charge is 0.490 e. The molecule has 3 aromatic carbocycles. The van der Waals surface area contributed by atoms with Crippen molar-refractivity contribution in [2.24, 2.45) is 5.92 Å². The van der Waals surface area contributed by atoms with Crippen LogP contribution < -0.4 is 16.4 Å². The molecule has 9 nitrogen and oxygen atoms in total. The molecule has 5 rings (SSSR count). The van der Waals surface area contributed by atoms with Gasteiger partial charge in [-0.15, -0.1) is 0 Å². The average Bonchev–Trinajstić information content (AvgIpc) is 3.78. The van der Waals surface area contributed by atoms with E-state index in [0.29, 0.717) is 47.9 Å². The van der Waals surface area contributed by atoms with E-state index < -0.39 is 22.2 Å². The van der Waals surface area contributed by atoms with Crippen LogP contribution in [0.1, 0.15) is 41.1 Å². The van der Waals surface area contributed by atoms with Gasteiger partial charge in [-0.3, -0.25) is 4.79 Å². The Morgan fingerprint density at radius 2 is 1.51 bits per heavy atom. The predicted octanol–water partition coefficient (Wildman–Crippen LogP) is 4.70. The number of para-hydroxylation sites is 2. The first-order valence-electron chi connectivity index (χ1n) is 13.7. The van der Waals surface area contributed by atoms with Crippen molar-refractivity contribution in [3.8, 4) is 0 Å². The number of benzene rings is 3. The predicted molar refractivity (Wildman–Crippen MR) is 156 cm³/mol. The molecule has 230 valence electrons. The fourth-order valence-electron chi connectivity index (χ4n) is 4.89. The van der Waals surface area contributed by atoms with E-state index in [1.807, 2.05) is 6.07 Å². The van der Waals surface area contributed by atoms with Gasteiger partial charge in [0.05, 0.1) is 16.3 Å². The molecule has 1 aliphatic carbocycles. The van der Waals surface area contributed by atoms with Crippen LogP contribution in [0.4, 0.5) is 24.5 Å². The molecule has 1 amide bonds. The van der Waals surface area contributed by atoms with Crippen molar-refractivity contribution in [2.75, 3.05) is 30.7 Å². The lowest BCUT2D eigenvalue weighted by atomic mass is 9.98. The summed E-state index contributed by atoms with van der Waals surface area (Å²) in [7, 11) is -3.60. The third-order valence-corrected chi connectivity index (χ3v) is 9.38. The van der Waals surface area contributed by atoms with Crippen LogP contribution in [-0.4, -0.2) is 61.6 Å². The number of sulfonamides is 1. The number of carbonyl (C=O) groups excluding carboxylic acids is 1. The van der Waals surface area contributed by atoms with Crippen molar-refractivity contribution in [1.82, 2.24) is 9.62 Å². The molecule has 13 heteroatoms.